The van der Waals surface area contributed by atoms with Gasteiger partial charge in [0, 0.05) is 51.1 Å². The van der Waals surface area contributed by atoms with E-state index in [-0.39, 0.29) is 0 Å². The molecule has 2 aromatic rings. The molecule has 0 amide bonds. The molecule has 3 rings (SSSR count). The van der Waals surface area contributed by atoms with Crippen molar-refractivity contribution in [3.8, 4) is 11.3 Å². The van der Waals surface area contributed by atoms with Gasteiger partial charge in [0.1, 0.15) is 11.6 Å². The Hall–Kier alpha value is -1.95. The van der Waals surface area contributed by atoms with Crippen LogP contribution in [-0.4, -0.2) is 40.0 Å². The van der Waals surface area contributed by atoms with E-state index in [1.54, 1.807) is 4.68 Å². The molecular weight excluding hydrogens is 254 g/mol. The average molecular weight is 273 g/mol. The van der Waals surface area contributed by atoms with E-state index >= 15 is 0 Å². The molecule has 20 heavy (non-hydrogen) atoms. The molecule has 0 saturated carbocycles. The Morgan fingerprint density at radius 3 is 2.75 bits per heavy atom. The number of hydrogen-bond donors (Lipinski definition) is 1. The smallest absolute Gasteiger partial charge is 0.134 e. The number of nitrogens with zero attached hydrogens (tertiary/aromatic N) is 4. The minimum Gasteiger partial charge on any atom is -0.381 e. The Labute approximate surface area is 118 Å². The van der Waals surface area contributed by atoms with E-state index in [2.05, 4.69) is 15.4 Å². The molecule has 0 spiro atoms. The third-order valence-corrected chi connectivity index (χ3v) is 3.59. The number of rotatable bonds is 3. The summed E-state index contributed by atoms with van der Waals surface area (Å²) in [7, 11) is 3.78. The fraction of sp³-hybridized carbons (Fsp3) is 0.500. The molecule has 3 heterocycles. The number of anilines is 1. The fourth-order valence-electron chi connectivity index (χ4n) is 2.43. The molecule has 0 aromatic carbocycles. The van der Waals surface area contributed by atoms with Crippen LogP contribution >= 0.6 is 0 Å². The van der Waals surface area contributed by atoms with Crippen molar-refractivity contribution in [2.75, 3.05) is 25.6 Å². The standard InChI is InChI=1S/C14H19N5O/c1-15-13-7-12(11-8-16-19(2)9-11)17-14(18-13)10-3-5-20-6-4-10/h7-10H,3-6H2,1-2H3,(H,15,17,18). The van der Waals surface area contributed by atoms with Crippen LogP contribution in [0.5, 0.6) is 0 Å². The van der Waals surface area contributed by atoms with E-state index in [0.717, 1.165) is 49.0 Å². The van der Waals surface area contributed by atoms with Gasteiger partial charge in [-0.15, -0.1) is 0 Å². The summed E-state index contributed by atoms with van der Waals surface area (Å²) >= 11 is 0. The normalized spacial score (nSPS) is 16.3. The molecule has 106 valence electrons. The number of nitrogens with one attached hydrogen (secondary N) is 1. The van der Waals surface area contributed by atoms with Gasteiger partial charge in [-0.3, -0.25) is 4.68 Å². The van der Waals surface area contributed by atoms with Crippen molar-refractivity contribution in [3.05, 3.63) is 24.3 Å². The number of hydrogen-bond acceptors (Lipinski definition) is 5. The van der Waals surface area contributed by atoms with Crippen LogP contribution in [0.3, 0.4) is 0 Å². The van der Waals surface area contributed by atoms with Gasteiger partial charge < -0.3 is 10.1 Å². The van der Waals surface area contributed by atoms with Crippen molar-refractivity contribution in [1.82, 2.24) is 19.7 Å². The maximum Gasteiger partial charge on any atom is 0.134 e. The van der Waals surface area contributed by atoms with Crippen molar-refractivity contribution in [2.45, 2.75) is 18.8 Å². The zero-order valence-electron chi connectivity index (χ0n) is 11.8. The maximum absolute atomic E-state index is 5.41. The van der Waals surface area contributed by atoms with Gasteiger partial charge in [-0.05, 0) is 12.8 Å². The Morgan fingerprint density at radius 1 is 1.30 bits per heavy atom. The molecule has 1 aliphatic rings. The van der Waals surface area contributed by atoms with Crippen molar-refractivity contribution < 1.29 is 4.74 Å². The largest absolute Gasteiger partial charge is 0.381 e. The summed E-state index contributed by atoms with van der Waals surface area (Å²) in [6.07, 6.45) is 5.77. The minimum absolute atomic E-state index is 0.382. The van der Waals surface area contributed by atoms with Crippen molar-refractivity contribution in [2.24, 2.45) is 7.05 Å². The molecule has 1 fully saturated rings. The lowest BCUT2D eigenvalue weighted by Gasteiger charge is -2.21. The van der Waals surface area contributed by atoms with Gasteiger partial charge in [0.2, 0.25) is 0 Å². The SMILES string of the molecule is CNc1cc(-c2cnn(C)c2)nc(C2CCOCC2)n1. The number of ether oxygens (including phenoxy) is 1. The summed E-state index contributed by atoms with van der Waals surface area (Å²) in [6.45, 7) is 1.58. The predicted molar refractivity (Wildman–Crippen MR) is 76.6 cm³/mol. The molecule has 6 nitrogen and oxygen atoms in total. The van der Waals surface area contributed by atoms with Crippen LogP contribution in [0, 0.1) is 0 Å². The van der Waals surface area contributed by atoms with Crippen LogP contribution in [0.25, 0.3) is 11.3 Å². The van der Waals surface area contributed by atoms with E-state index < -0.39 is 0 Å². The molecular formula is C14H19N5O. The molecule has 6 heteroatoms. The van der Waals surface area contributed by atoms with E-state index in [1.165, 1.54) is 0 Å². The van der Waals surface area contributed by atoms with Gasteiger partial charge in [0.25, 0.3) is 0 Å². The lowest BCUT2D eigenvalue weighted by Crippen LogP contribution is -2.17. The van der Waals surface area contributed by atoms with Gasteiger partial charge in [-0.1, -0.05) is 0 Å². The van der Waals surface area contributed by atoms with Crippen LogP contribution < -0.4 is 5.32 Å². The highest BCUT2D eigenvalue weighted by Crippen LogP contribution is 2.27. The Morgan fingerprint density at radius 2 is 2.10 bits per heavy atom. The molecule has 0 bridgehead atoms. The summed E-state index contributed by atoms with van der Waals surface area (Å²) < 4.78 is 7.19. The third-order valence-electron chi connectivity index (χ3n) is 3.59. The fourth-order valence-corrected chi connectivity index (χ4v) is 2.43. The van der Waals surface area contributed by atoms with Crippen LogP contribution in [0.1, 0.15) is 24.6 Å². The molecule has 0 atom stereocenters. The first kappa shape index (κ1) is 13.1. The lowest BCUT2D eigenvalue weighted by molar-refractivity contribution is 0.0836. The van der Waals surface area contributed by atoms with Crippen LogP contribution in [-0.2, 0) is 11.8 Å². The van der Waals surface area contributed by atoms with Gasteiger partial charge in [-0.2, -0.15) is 5.10 Å². The highest BCUT2D eigenvalue weighted by molar-refractivity contribution is 5.61. The highest BCUT2D eigenvalue weighted by atomic mass is 16.5. The summed E-state index contributed by atoms with van der Waals surface area (Å²) in [4.78, 5) is 9.33. The molecule has 1 aliphatic heterocycles. The topological polar surface area (TPSA) is 64.9 Å². The zero-order chi connectivity index (χ0) is 13.9. The average Bonchev–Trinajstić information content (AvgIpc) is 2.94. The van der Waals surface area contributed by atoms with E-state index in [0.29, 0.717) is 5.92 Å². The van der Waals surface area contributed by atoms with Crippen LogP contribution in [0.15, 0.2) is 18.5 Å². The highest BCUT2D eigenvalue weighted by Gasteiger charge is 2.20. The zero-order valence-corrected chi connectivity index (χ0v) is 11.8. The van der Waals surface area contributed by atoms with Crippen LogP contribution in [0.2, 0.25) is 0 Å². The first-order valence-corrected chi connectivity index (χ1v) is 6.90. The number of aryl methyl sites for hydroxylation is 1. The Balaban J connectivity index is 1.97. The maximum atomic E-state index is 5.41. The summed E-state index contributed by atoms with van der Waals surface area (Å²) in [6, 6.07) is 1.96. The molecule has 0 unspecified atom stereocenters. The third kappa shape index (κ3) is 2.65. The minimum atomic E-state index is 0.382. The van der Waals surface area contributed by atoms with Crippen molar-refractivity contribution in [1.29, 1.82) is 0 Å². The first-order valence-electron chi connectivity index (χ1n) is 6.90. The van der Waals surface area contributed by atoms with Crippen molar-refractivity contribution in [3.63, 3.8) is 0 Å². The van der Waals surface area contributed by atoms with E-state index in [4.69, 9.17) is 9.72 Å². The summed E-state index contributed by atoms with van der Waals surface area (Å²) in [5.74, 6) is 2.13. The second-order valence-electron chi connectivity index (χ2n) is 5.04. The van der Waals surface area contributed by atoms with Crippen LogP contribution in [0.4, 0.5) is 5.82 Å². The monoisotopic (exact) mass is 273 g/mol. The molecule has 0 aliphatic carbocycles. The van der Waals surface area contributed by atoms with Gasteiger partial charge in [0.05, 0.1) is 11.9 Å². The van der Waals surface area contributed by atoms with Gasteiger partial charge in [-0.25, -0.2) is 9.97 Å². The van der Waals surface area contributed by atoms with E-state index in [1.807, 2.05) is 32.6 Å². The molecule has 1 N–H and O–H groups in total. The molecule has 0 radical (unpaired) electrons. The lowest BCUT2D eigenvalue weighted by atomic mass is 9.99. The van der Waals surface area contributed by atoms with Gasteiger partial charge >= 0.3 is 0 Å². The Kier molecular flexibility index (Phi) is 3.64. The number of aromatic nitrogens is 4. The van der Waals surface area contributed by atoms with Crippen molar-refractivity contribution >= 4 is 5.82 Å². The van der Waals surface area contributed by atoms with E-state index in [9.17, 15) is 0 Å². The first-order chi connectivity index (χ1) is 9.76. The van der Waals surface area contributed by atoms with Gasteiger partial charge in [0.15, 0.2) is 0 Å². The molecule has 2 aromatic heterocycles. The second-order valence-corrected chi connectivity index (χ2v) is 5.04. The summed E-state index contributed by atoms with van der Waals surface area (Å²) in [5, 5.41) is 7.32. The molecule has 1 saturated heterocycles. The summed E-state index contributed by atoms with van der Waals surface area (Å²) in [5.41, 5.74) is 1.93. The predicted octanol–water partition coefficient (Wildman–Crippen LogP) is 1.81. The second kappa shape index (κ2) is 5.58. The quantitative estimate of drug-likeness (QED) is 0.924. The Bertz CT molecular complexity index is 589.